The number of carboxylic acids is 1. The smallest absolute Gasteiger partial charge is 0.303 e. The molecular weight excluding hydrogens is 368 g/mol. The average molecular weight is 419 g/mol. The van der Waals surface area contributed by atoms with Gasteiger partial charge in [0.15, 0.2) is 0 Å². The summed E-state index contributed by atoms with van der Waals surface area (Å²) >= 11 is 5.91. The summed E-state index contributed by atoms with van der Waals surface area (Å²) in [6.07, 6.45) is 23.8. The second-order valence-electron chi connectivity index (χ2n) is 8.92. The summed E-state index contributed by atoms with van der Waals surface area (Å²) in [5.41, 5.74) is 0. The molecule has 28 heavy (non-hydrogen) atoms. The minimum atomic E-state index is -0.653. The van der Waals surface area contributed by atoms with Gasteiger partial charge < -0.3 is 5.11 Å². The zero-order valence-corrected chi connectivity index (χ0v) is 20.4. The molecule has 0 aliphatic heterocycles. The predicted molar refractivity (Wildman–Crippen MR) is 127 cm³/mol. The Morgan fingerprint density at radius 2 is 0.964 bits per heavy atom. The van der Waals surface area contributed by atoms with Crippen LogP contribution in [0.1, 0.15) is 150 Å². The van der Waals surface area contributed by atoms with Crippen LogP contribution in [0.4, 0.5) is 0 Å². The molecule has 0 unspecified atom stereocenters. The molecule has 0 rings (SSSR count). The maximum absolute atomic E-state index is 10.3. The van der Waals surface area contributed by atoms with E-state index >= 15 is 0 Å². The van der Waals surface area contributed by atoms with E-state index in [0.29, 0.717) is 6.42 Å². The summed E-state index contributed by atoms with van der Waals surface area (Å²) in [6.45, 7) is 8.57. The van der Waals surface area contributed by atoms with Gasteiger partial charge in [0.1, 0.15) is 0 Å². The lowest BCUT2D eigenvalue weighted by Crippen LogP contribution is -2.08. The Morgan fingerprint density at radius 1 is 0.643 bits per heavy atom. The van der Waals surface area contributed by atoms with Crippen molar-refractivity contribution in [3.8, 4) is 0 Å². The second-order valence-corrected chi connectivity index (χ2v) is 9.94. The van der Waals surface area contributed by atoms with Crippen molar-refractivity contribution in [3.63, 3.8) is 0 Å². The molecule has 0 aromatic carbocycles. The maximum atomic E-state index is 10.3. The fraction of sp³-hybridized carbons (Fsp3) is 0.960. The van der Waals surface area contributed by atoms with Gasteiger partial charge in [-0.1, -0.05) is 117 Å². The standard InChI is InChI=1S/C18H36O2.C7H15Cl/c1-2-3-4-5-6-7-8-9-10-11-12-13-14-15-16-17-18(19)20;1-4-5-6-7(2,3)8/h2-17H2,1H3,(H,19,20);4-6H2,1-3H3. The largest absolute Gasteiger partial charge is 0.481 e. The third-order valence-corrected chi connectivity index (χ3v) is 5.31. The molecule has 0 aliphatic carbocycles. The van der Waals surface area contributed by atoms with Gasteiger partial charge in [0.05, 0.1) is 0 Å². The van der Waals surface area contributed by atoms with E-state index in [2.05, 4.69) is 27.7 Å². The molecule has 0 bridgehead atoms. The molecule has 0 radical (unpaired) electrons. The van der Waals surface area contributed by atoms with Gasteiger partial charge in [-0.15, -0.1) is 11.6 Å². The molecule has 2 nitrogen and oxygen atoms in total. The zero-order valence-electron chi connectivity index (χ0n) is 19.7. The van der Waals surface area contributed by atoms with E-state index in [1.807, 2.05) is 0 Å². The number of carboxylic acid groups (broad SMARTS) is 1. The third kappa shape index (κ3) is 33.4. The van der Waals surface area contributed by atoms with Crippen LogP contribution < -0.4 is 0 Å². The number of alkyl halides is 1. The minimum absolute atomic E-state index is 0.0238. The Kier molecular flexibility index (Phi) is 24.7. The number of hydrogen-bond acceptors (Lipinski definition) is 1. The third-order valence-electron chi connectivity index (χ3n) is 5.12. The van der Waals surface area contributed by atoms with E-state index in [-0.39, 0.29) is 4.87 Å². The summed E-state index contributed by atoms with van der Waals surface area (Å²) in [6, 6.07) is 0. The molecule has 0 spiro atoms. The van der Waals surface area contributed by atoms with Crippen molar-refractivity contribution in [1.82, 2.24) is 0 Å². The van der Waals surface area contributed by atoms with Gasteiger partial charge in [-0.2, -0.15) is 0 Å². The molecule has 0 aromatic heterocycles. The zero-order chi connectivity index (χ0) is 21.5. The van der Waals surface area contributed by atoms with Crippen molar-refractivity contribution >= 4 is 17.6 Å². The van der Waals surface area contributed by atoms with Crippen LogP contribution in [0, 0.1) is 0 Å². The highest BCUT2D eigenvalue weighted by Crippen LogP contribution is 2.20. The summed E-state index contributed by atoms with van der Waals surface area (Å²) < 4.78 is 0. The van der Waals surface area contributed by atoms with E-state index in [9.17, 15) is 4.79 Å². The molecule has 3 heteroatoms. The summed E-state index contributed by atoms with van der Waals surface area (Å²) in [5.74, 6) is -0.653. The number of unbranched alkanes of at least 4 members (excludes halogenated alkanes) is 15. The lowest BCUT2D eigenvalue weighted by Gasteiger charge is -2.13. The second kappa shape index (κ2) is 23.0. The molecule has 0 saturated heterocycles. The fourth-order valence-electron chi connectivity index (χ4n) is 3.24. The number of rotatable bonds is 19. The van der Waals surface area contributed by atoms with Crippen molar-refractivity contribution < 1.29 is 9.90 Å². The fourth-order valence-corrected chi connectivity index (χ4v) is 3.38. The van der Waals surface area contributed by atoms with Crippen LogP contribution >= 0.6 is 11.6 Å². The van der Waals surface area contributed by atoms with Crippen molar-refractivity contribution in [1.29, 1.82) is 0 Å². The van der Waals surface area contributed by atoms with Crippen LogP contribution in [0.25, 0.3) is 0 Å². The minimum Gasteiger partial charge on any atom is -0.481 e. The first-order valence-corrected chi connectivity index (χ1v) is 12.6. The Morgan fingerprint density at radius 3 is 1.21 bits per heavy atom. The topological polar surface area (TPSA) is 37.3 Å². The van der Waals surface area contributed by atoms with E-state index in [4.69, 9.17) is 16.7 Å². The van der Waals surface area contributed by atoms with Gasteiger partial charge in [0, 0.05) is 11.3 Å². The highest BCUT2D eigenvalue weighted by atomic mass is 35.5. The first kappa shape index (κ1) is 30.0. The predicted octanol–water partition coefficient (Wildman–Crippen LogP) is 9.53. The van der Waals surface area contributed by atoms with Gasteiger partial charge in [-0.05, 0) is 26.7 Å². The van der Waals surface area contributed by atoms with E-state index in [1.54, 1.807) is 0 Å². The quantitative estimate of drug-likeness (QED) is 0.167. The lowest BCUT2D eigenvalue weighted by molar-refractivity contribution is -0.137. The average Bonchev–Trinajstić information content (AvgIpc) is 2.63. The molecule has 170 valence electrons. The van der Waals surface area contributed by atoms with Crippen LogP contribution in [0.2, 0.25) is 0 Å². The van der Waals surface area contributed by atoms with Gasteiger partial charge in [-0.25, -0.2) is 0 Å². The van der Waals surface area contributed by atoms with Crippen molar-refractivity contribution in [2.75, 3.05) is 0 Å². The highest BCUT2D eigenvalue weighted by molar-refractivity contribution is 6.23. The number of halogens is 1. The molecule has 0 amide bonds. The number of hydrogen-bond donors (Lipinski definition) is 1. The summed E-state index contributed by atoms with van der Waals surface area (Å²) in [4.78, 5) is 10.4. The van der Waals surface area contributed by atoms with Crippen molar-refractivity contribution in [3.05, 3.63) is 0 Å². The monoisotopic (exact) mass is 418 g/mol. The van der Waals surface area contributed by atoms with Gasteiger partial charge in [-0.3, -0.25) is 4.79 Å². The Balaban J connectivity index is 0. The first-order valence-electron chi connectivity index (χ1n) is 12.2. The Bertz CT molecular complexity index is 310. The Hall–Kier alpha value is -0.240. The van der Waals surface area contributed by atoms with Gasteiger partial charge >= 0.3 is 5.97 Å². The van der Waals surface area contributed by atoms with Crippen LogP contribution in [0.3, 0.4) is 0 Å². The number of aliphatic carboxylic acids is 1. The van der Waals surface area contributed by atoms with Crippen LogP contribution in [-0.4, -0.2) is 16.0 Å². The maximum Gasteiger partial charge on any atom is 0.303 e. The van der Waals surface area contributed by atoms with Crippen LogP contribution in [-0.2, 0) is 4.79 Å². The molecule has 0 fully saturated rings. The number of carbonyl (C=O) groups is 1. The van der Waals surface area contributed by atoms with E-state index < -0.39 is 5.97 Å². The molecule has 0 aliphatic rings. The van der Waals surface area contributed by atoms with Gasteiger partial charge in [0.2, 0.25) is 0 Å². The van der Waals surface area contributed by atoms with Crippen molar-refractivity contribution in [2.45, 2.75) is 155 Å². The van der Waals surface area contributed by atoms with E-state index in [0.717, 1.165) is 19.3 Å². The van der Waals surface area contributed by atoms with Crippen LogP contribution in [0.15, 0.2) is 0 Å². The lowest BCUT2D eigenvalue weighted by atomic mass is 10.0. The SMILES string of the molecule is CCCCC(C)(C)Cl.CCCCCCCCCCCCCCCCCC(=O)O. The molecule has 1 N–H and O–H groups in total. The first-order chi connectivity index (χ1) is 13.3. The Labute approximate surface area is 182 Å². The van der Waals surface area contributed by atoms with Crippen molar-refractivity contribution in [2.24, 2.45) is 0 Å². The molecule has 0 aromatic rings. The van der Waals surface area contributed by atoms with Crippen LogP contribution in [0.5, 0.6) is 0 Å². The molecule has 0 atom stereocenters. The molecule has 0 heterocycles. The molecular formula is C25H51ClO2. The highest BCUT2D eigenvalue weighted by Gasteiger charge is 2.10. The normalized spacial score (nSPS) is 11.2. The van der Waals surface area contributed by atoms with E-state index in [1.165, 1.54) is 96.3 Å². The summed E-state index contributed by atoms with van der Waals surface area (Å²) in [7, 11) is 0. The van der Waals surface area contributed by atoms with Gasteiger partial charge in [0.25, 0.3) is 0 Å². The molecule has 0 saturated carbocycles. The summed E-state index contributed by atoms with van der Waals surface area (Å²) in [5, 5.41) is 8.52.